The number of carbonyl (C=O) groups is 2. The molecule has 1 aliphatic carbocycles. The van der Waals surface area contributed by atoms with E-state index >= 15 is 0 Å². The number of para-hydroxylation sites is 1. The van der Waals surface area contributed by atoms with E-state index in [-0.39, 0.29) is 23.4 Å². The van der Waals surface area contributed by atoms with Crippen LogP contribution in [0.5, 0.6) is 0 Å². The predicted octanol–water partition coefficient (Wildman–Crippen LogP) is 4.93. The lowest BCUT2D eigenvalue weighted by Gasteiger charge is -2.33. The number of carbonyl (C=O) groups excluding carboxylic acids is 2. The van der Waals surface area contributed by atoms with E-state index in [2.05, 4.69) is 5.32 Å². The van der Waals surface area contributed by atoms with Crippen LogP contribution in [0.1, 0.15) is 44.6 Å². The number of sulfonamides is 1. The van der Waals surface area contributed by atoms with Crippen molar-refractivity contribution in [2.45, 2.75) is 62.4 Å². The number of amides is 2. The summed E-state index contributed by atoms with van der Waals surface area (Å²) in [6, 6.07) is 21.7. The zero-order chi connectivity index (χ0) is 28.5. The zero-order valence-electron chi connectivity index (χ0n) is 22.7. The first kappa shape index (κ1) is 29.3. The molecule has 4 rings (SSSR count). The van der Waals surface area contributed by atoms with Crippen LogP contribution in [0.3, 0.4) is 0 Å². The minimum atomic E-state index is -4.22. The quantitative estimate of drug-likeness (QED) is 0.357. The van der Waals surface area contributed by atoms with Gasteiger partial charge >= 0.3 is 0 Å². The number of hydrogen-bond acceptors (Lipinski definition) is 4. The normalized spacial score (nSPS) is 14.8. The monoisotopic (exact) mass is 565 g/mol. The van der Waals surface area contributed by atoms with Gasteiger partial charge in [0.2, 0.25) is 11.8 Å². The van der Waals surface area contributed by atoms with Crippen molar-refractivity contribution in [3.05, 3.63) is 96.3 Å². The molecule has 0 bridgehead atoms. The van der Waals surface area contributed by atoms with Gasteiger partial charge in [-0.1, -0.05) is 67.8 Å². The van der Waals surface area contributed by atoms with Crippen LogP contribution in [0.15, 0.2) is 89.8 Å². The Labute approximate surface area is 236 Å². The fraction of sp³-hybridized carbons (Fsp3) is 0.355. The van der Waals surface area contributed by atoms with Gasteiger partial charge in [0.05, 0.1) is 10.6 Å². The first-order chi connectivity index (χ1) is 19.3. The number of anilines is 1. The van der Waals surface area contributed by atoms with Gasteiger partial charge in [0, 0.05) is 12.6 Å². The highest BCUT2D eigenvalue weighted by Crippen LogP contribution is 2.24. The summed E-state index contributed by atoms with van der Waals surface area (Å²) in [5.74, 6) is -1.32. The van der Waals surface area contributed by atoms with Crippen LogP contribution in [0, 0.1) is 5.82 Å². The van der Waals surface area contributed by atoms with Crippen molar-refractivity contribution in [2.24, 2.45) is 0 Å². The van der Waals surface area contributed by atoms with E-state index in [1.165, 1.54) is 17.0 Å². The van der Waals surface area contributed by atoms with E-state index < -0.39 is 34.3 Å². The summed E-state index contributed by atoms with van der Waals surface area (Å²) in [7, 11) is -4.22. The molecule has 9 heteroatoms. The summed E-state index contributed by atoms with van der Waals surface area (Å²) in [6.07, 6.45) is 5.60. The second-order valence-corrected chi connectivity index (χ2v) is 12.0. The van der Waals surface area contributed by atoms with E-state index in [9.17, 15) is 22.4 Å². The highest BCUT2D eigenvalue weighted by atomic mass is 32.2. The third kappa shape index (κ3) is 7.47. The Bertz CT molecular complexity index is 1360. The molecule has 40 heavy (non-hydrogen) atoms. The summed E-state index contributed by atoms with van der Waals surface area (Å²) < 4.78 is 42.0. The Morgan fingerprint density at radius 2 is 1.50 bits per heavy atom. The molecule has 1 atom stereocenters. The second-order valence-electron chi connectivity index (χ2n) is 10.1. The van der Waals surface area contributed by atoms with E-state index in [0.29, 0.717) is 12.1 Å². The Morgan fingerprint density at radius 3 is 2.12 bits per heavy atom. The first-order valence-electron chi connectivity index (χ1n) is 13.7. The average Bonchev–Trinajstić information content (AvgIpc) is 2.97. The molecular formula is C31H36FN3O4S. The van der Waals surface area contributed by atoms with Crippen molar-refractivity contribution >= 4 is 27.5 Å². The Kier molecular flexibility index (Phi) is 9.93. The third-order valence-electron chi connectivity index (χ3n) is 7.33. The van der Waals surface area contributed by atoms with Gasteiger partial charge in [-0.25, -0.2) is 12.8 Å². The Morgan fingerprint density at radius 1 is 0.900 bits per heavy atom. The zero-order valence-corrected chi connectivity index (χ0v) is 23.5. The van der Waals surface area contributed by atoms with E-state index in [4.69, 9.17) is 0 Å². The predicted molar refractivity (Wildman–Crippen MR) is 154 cm³/mol. The molecule has 1 unspecified atom stereocenters. The standard InChI is InChI=1S/C31H36FN3O4S/c1-24(31(37)33-27-13-7-3-8-14-27)34(22-21-25-11-5-2-6-12-25)30(36)23-35(28-15-9-4-10-16-28)40(38,39)29-19-17-26(32)18-20-29/h2,4-6,9-12,15-20,24,27H,3,7-8,13-14,21-23H2,1H3,(H,33,37). The van der Waals surface area contributed by atoms with Crippen LogP contribution in [-0.4, -0.2) is 50.3 Å². The van der Waals surface area contributed by atoms with Crippen LogP contribution in [0.4, 0.5) is 10.1 Å². The van der Waals surface area contributed by atoms with Gasteiger partial charge < -0.3 is 10.2 Å². The number of nitrogens with one attached hydrogen (secondary N) is 1. The van der Waals surface area contributed by atoms with E-state index in [1.807, 2.05) is 30.3 Å². The molecule has 0 aliphatic heterocycles. The average molecular weight is 566 g/mol. The summed E-state index contributed by atoms with van der Waals surface area (Å²) in [4.78, 5) is 28.5. The van der Waals surface area contributed by atoms with Crippen LogP contribution < -0.4 is 9.62 Å². The molecular weight excluding hydrogens is 529 g/mol. The van der Waals surface area contributed by atoms with Crippen molar-refractivity contribution in [2.75, 3.05) is 17.4 Å². The SMILES string of the molecule is CC(C(=O)NC1CCCCC1)N(CCc1ccccc1)C(=O)CN(c1ccccc1)S(=O)(=O)c1ccc(F)cc1. The second kappa shape index (κ2) is 13.6. The highest BCUT2D eigenvalue weighted by molar-refractivity contribution is 7.92. The summed E-state index contributed by atoms with van der Waals surface area (Å²) in [5, 5.41) is 3.10. The van der Waals surface area contributed by atoms with Crippen molar-refractivity contribution in [1.82, 2.24) is 10.2 Å². The maximum atomic E-state index is 13.9. The molecule has 7 nitrogen and oxygen atoms in total. The first-order valence-corrected chi connectivity index (χ1v) is 15.2. The maximum Gasteiger partial charge on any atom is 0.264 e. The van der Waals surface area contributed by atoms with Crippen molar-refractivity contribution in [1.29, 1.82) is 0 Å². The third-order valence-corrected chi connectivity index (χ3v) is 9.12. The van der Waals surface area contributed by atoms with Gasteiger partial charge in [-0.2, -0.15) is 0 Å². The molecule has 212 valence electrons. The molecule has 1 fully saturated rings. The molecule has 0 radical (unpaired) electrons. The molecule has 3 aromatic carbocycles. The molecule has 0 saturated heterocycles. The largest absolute Gasteiger partial charge is 0.352 e. The van der Waals surface area contributed by atoms with Crippen molar-refractivity contribution in [3.63, 3.8) is 0 Å². The van der Waals surface area contributed by atoms with E-state index in [0.717, 1.165) is 54.1 Å². The Balaban J connectivity index is 1.61. The summed E-state index contributed by atoms with van der Waals surface area (Å²) in [5.41, 5.74) is 1.29. The number of nitrogens with zero attached hydrogens (tertiary/aromatic N) is 2. The van der Waals surface area contributed by atoms with Crippen LogP contribution in [0.25, 0.3) is 0 Å². The lowest BCUT2D eigenvalue weighted by Crippen LogP contribution is -2.53. The van der Waals surface area contributed by atoms with E-state index in [1.54, 1.807) is 37.3 Å². The summed E-state index contributed by atoms with van der Waals surface area (Å²) in [6.45, 7) is 1.41. The van der Waals surface area contributed by atoms with Crippen LogP contribution in [-0.2, 0) is 26.0 Å². The maximum absolute atomic E-state index is 13.9. The molecule has 1 aliphatic rings. The number of rotatable bonds is 11. The van der Waals surface area contributed by atoms with Gasteiger partial charge in [0.1, 0.15) is 18.4 Å². The summed E-state index contributed by atoms with van der Waals surface area (Å²) >= 11 is 0. The van der Waals surface area contributed by atoms with Gasteiger partial charge in [-0.15, -0.1) is 0 Å². The number of benzene rings is 3. The molecule has 2 amide bonds. The highest BCUT2D eigenvalue weighted by Gasteiger charge is 2.33. The minimum Gasteiger partial charge on any atom is -0.352 e. The molecule has 0 heterocycles. The van der Waals surface area contributed by atoms with Gasteiger partial charge in [-0.05, 0) is 68.1 Å². The van der Waals surface area contributed by atoms with Crippen LogP contribution in [0.2, 0.25) is 0 Å². The smallest absolute Gasteiger partial charge is 0.264 e. The fourth-order valence-corrected chi connectivity index (χ4v) is 6.41. The lowest BCUT2D eigenvalue weighted by molar-refractivity contribution is -0.139. The Hall–Kier alpha value is -3.72. The molecule has 1 saturated carbocycles. The van der Waals surface area contributed by atoms with Crippen LogP contribution >= 0.6 is 0 Å². The molecule has 1 N–H and O–H groups in total. The molecule has 0 spiro atoms. The molecule has 3 aromatic rings. The minimum absolute atomic E-state index is 0.0782. The number of hydrogen-bond donors (Lipinski definition) is 1. The van der Waals surface area contributed by atoms with Crippen molar-refractivity contribution < 1.29 is 22.4 Å². The van der Waals surface area contributed by atoms with Gasteiger partial charge in [0.15, 0.2) is 0 Å². The molecule has 0 aromatic heterocycles. The number of halogens is 1. The fourth-order valence-electron chi connectivity index (χ4n) is 5.00. The van der Waals surface area contributed by atoms with Gasteiger partial charge in [0.25, 0.3) is 10.0 Å². The topological polar surface area (TPSA) is 86.8 Å². The van der Waals surface area contributed by atoms with Crippen molar-refractivity contribution in [3.8, 4) is 0 Å². The van der Waals surface area contributed by atoms with Gasteiger partial charge in [-0.3, -0.25) is 13.9 Å². The lowest BCUT2D eigenvalue weighted by atomic mass is 9.95.